The van der Waals surface area contributed by atoms with Gasteiger partial charge in [0, 0.05) is 44.2 Å². The van der Waals surface area contributed by atoms with E-state index in [9.17, 15) is 23.1 Å². The number of rotatable bonds is 3. The third-order valence-corrected chi connectivity index (χ3v) is 11.2. The highest BCUT2D eigenvalue weighted by molar-refractivity contribution is 7.87. The zero-order chi connectivity index (χ0) is 33.6. The Balaban J connectivity index is 1.48. The number of aliphatic hydroxyl groups is 1. The molecule has 0 unspecified atom stereocenters. The molecule has 2 aromatic rings. The number of aryl methyl sites for hydroxylation is 1. The molecule has 1 fully saturated rings. The van der Waals surface area contributed by atoms with E-state index in [0.717, 1.165) is 32.1 Å². The lowest BCUT2D eigenvalue weighted by molar-refractivity contribution is -0.148. The van der Waals surface area contributed by atoms with Crippen molar-refractivity contribution >= 4 is 39.3 Å². The molecule has 2 heterocycles. The lowest BCUT2D eigenvalue weighted by atomic mass is 9.68. The van der Waals surface area contributed by atoms with Gasteiger partial charge in [-0.3, -0.25) is 9.59 Å². The summed E-state index contributed by atoms with van der Waals surface area (Å²) in [5.74, 6) is -0.694. The van der Waals surface area contributed by atoms with E-state index in [1.165, 1.54) is 22.1 Å². The molecule has 2 aliphatic carbocycles. The van der Waals surface area contributed by atoms with Gasteiger partial charge in [-0.1, -0.05) is 35.9 Å². The van der Waals surface area contributed by atoms with E-state index in [0.29, 0.717) is 55.0 Å². The molecule has 2 aromatic carbocycles. The maximum atomic E-state index is 13.5. The predicted octanol–water partition coefficient (Wildman–Crippen LogP) is 3.17. The van der Waals surface area contributed by atoms with Gasteiger partial charge >= 0.3 is 0 Å². The van der Waals surface area contributed by atoms with Gasteiger partial charge in [0.15, 0.2) is 5.60 Å². The van der Waals surface area contributed by atoms with Crippen LogP contribution in [0.5, 0.6) is 5.75 Å². The molecular formula is C34H43ClN4O7S. The van der Waals surface area contributed by atoms with Crippen molar-refractivity contribution in [2.24, 2.45) is 17.0 Å². The van der Waals surface area contributed by atoms with E-state index in [1.54, 1.807) is 31.0 Å². The van der Waals surface area contributed by atoms with E-state index in [4.69, 9.17) is 26.2 Å². The number of fused-ring (bicyclic) bond motifs is 4. The van der Waals surface area contributed by atoms with E-state index in [-0.39, 0.29) is 23.0 Å². The van der Waals surface area contributed by atoms with Crippen LogP contribution in [0.2, 0.25) is 5.02 Å². The average molecular weight is 687 g/mol. The molecule has 0 radical (unpaired) electrons. The van der Waals surface area contributed by atoms with Crippen LogP contribution < -0.4 is 19.5 Å². The van der Waals surface area contributed by atoms with Gasteiger partial charge in [0.05, 0.1) is 24.8 Å². The Morgan fingerprint density at radius 2 is 2.02 bits per heavy atom. The number of methoxy groups -OCH3 is 1. The van der Waals surface area contributed by atoms with Crippen molar-refractivity contribution in [3.05, 3.63) is 70.3 Å². The molecule has 1 spiro atoms. The minimum atomic E-state index is -4.54. The first-order valence-electron chi connectivity index (χ1n) is 16.1. The second kappa shape index (κ2) is 13.0. The van der Waals surface area contributed by atoms with Crippen molar-refractivity contribution in [1.29, 1.82) is 0 Å². The zero-order valence-corrected chi connectivity index (χ0v) is 28.4. The highest BCUT2D eigenvalue weighted by Crippen LogP contribution is 2.47. The number of hydrogen-bond acceptors (Lipinski definition) is 8. The largest absolute Gasteiger partial charge is 0.490 e. The summed E-state index contributed by atoms with van der Waals surface area (Å²) < 4.78 is 38.1. The molecule has 4 N–H and O–H groups in total. The van der Waals surface area contributed by atoms with Gasteiger partial charge in [-0.25, -0.2) is 9.86 Å². The third-order valence-electron chi connectivity index (χ3n) is 10.5. The van der Waals surface area contributed by atoms with E-state index in [2.05, 4.69) is 17.0 Å². The first-order valence-corrected chi connectivity index (χ1v) is 18.1. The number of carbonyl (C=O) groups is 2. The number of anilines is 1. The van der Waals surface area contributed by atoms with Crippen molar-refractivity contribution in [3.8, 4) is 5.75 Å². The van der Waals surface area contributed by atoms with Crippen LogP contribution in [0.25, 0.3) is 0 Å². The topological polar surface area (TPSA) is 152 Å². The molecule has 5 atom stereocenters. The number of amides is 2. The Bertz CT molecular complexity index is 1690. The summed E-state index contributed by atoms with van der Waals surface area (Å²) >= 11 is 6.42. The van der Waals surface area contributed by atoms with Gasteiger partial charge in [-0.05, 0) is 91.3 Å². The van der Waals surface area contributed by atoms with Crippen LogP contribution in [0, 0.1) is 11.8 Å². The molecular weight excluding hydrogens is 644 g/mol. The van der Waals surface area contributed by atoms with E-state index in [1.807, 2.05) is 18.2 Å². The quantitative estimate of drug-likeness (QED) is 0.417. The SMILES string of the molecule is CO[C@H]1/C=C/CCN(C)C(=O)C[C@](O)(C(=O)NS(N)(=O)=O)c2ccc3c(c2)N(C[C@@H]2CC[C@H]21)C[C@@]1(CCCc2cc(Cl)ccc21)CO3. The van der Waals surface area contributed by atoms with Crippen LogP contribution in [-0.2, 0) is 42.0 Å². The zero-order valence-electron chi connectivity index (χ0n) is 26.8. The average Bonchev–Trinajstić information content (AvgIpc) is 3.15. The number of benzene rings is 2. The van der Waals surface area contributed by atoms with Crippen molar-refractivity contribution < 1.29 is 32.6 Å². The molecule has 0 aromatic heterocycles. The number of ether oxygens (including phenoxy) is 2. The van der Waals surface area contributed by atoms with Gasteiger partial charge < -0.3 is 24.4 Å². The fraction of sp³-hybridized carbons (Fsp3) is 0.529. The van der Waals surface area contributed by atoms with Crippen molar-refractivity contribution in [2.45, 2.75) is 62.1 Å². The smallest absolute Gasteiger partial charge is 0.298 e. The Morgan fingerprint density at radius 3 is 2.74 bits per heavy atom. The second-order valence-corrected chi connectivity index (χ2v) is 15.3. The van der Waals surface area contributed by atoms with Crippen molar-refractivity contribution in [3.63, 3.8) is 0 Å². The summed E-state index contributed by atoms with van der Waals surface area (Å²) in [4.78, 5) is 30.6. The van der Waals surface area contributed by atoms with Crippen LogP contribution in [0.1, 0.15) is 55.2 Å². The number of hydrogen-bond donors (Lipinski definition) is 3. The number of nitrogens with one attached hydrogen (secondary N) is 1. The highest BCUT2D eigenvalue weighted by atomic mass is 35.5. The molecule has 11 nitrogen and oxygen atoms in total. The minimum absolute atomic E-state index is 0.0615. The Morgan fingerprint density at radius 1 is 1.21 bits per heavy atom. The summed E-state index contributed by atoms with van der Waals surface area (Å²) in [7, 11) is -1.23. The van der Waals surface area contributed by atoms with Crippen LogP contribution in [0.3, 0.4) is 0 Å². The normalized spacial score (nSPS) is 30.3. The number of halogens is 1. The standard InChI is InChI=1S/C34H43ClN4O7S/c1-38-15-4-3-7-29(45-2)26-11-8-23(26)19-39-20-33(14-5-6-22-16-25(35)10-12-27(22)33)21-46-30-13-9-24(17-28(30)39)34(42,18-31(38)40)32(41)37-47(36,43)44/h3,7,9-10,12-13,16-17,23,26,29,42H,4-6,8,11,14-15,18-21H2,1-2H3,(H,37,41)(H2,36,43,44)/b7-3+/t23-,26+,29-,33-,34+/m0/s1. The lowest BCUT2D eigenvalue weighted by Crippen LogP contribution is -2.51. The maximum Gasteiger partial charge on any atom is 0.298 e. The molecule has 1 saturated carbocycles. The molecule has 2 amide bonds. The van der Waals surface area contributed by atoms with Gasteiger partial charge in [0.25, 0.3) is 16.1 Å². The van der Waals surface area contributed by atoms with E-state index < -0.39 is 34.0 Å². The highest BCUT2D eigenvalue weighted by Gasteiger charge is 2.46. The predicted molar refractivity (Wildman–Crippen MR) is 178 cm³/mol. The number of carbonyl (C=O) groups excluding carboxylic acids is 2. The first kappa shape index (κ1) is 33.7. The summed E-state index contributed by atoms with van der Waals surface area (Å²) in [6.07, 6.45) is 8.66. The van der Waals surface area contributed by atoms with Crippen molar-refractivity contribution in [1.82, 2.24) is 9.62 Å². The Hall–Kier alpha value is -3.16. The summed E-state index contributed by atoms with van der Waals surface area (Å²) in [6, 6.07) is 10.9. The van der Waals surface area contributed by atoms with Gasteiger partial charge in [0.2, 0.25) is 5.91 Å². The minimum Gasteiger partial charge on any atom is -0.490 e. The first-order chi connectivity index (χ1) is 22.3. The van der Waals surface area contributed by atoms with Gasteiger partial charge in [0.1, 0.15) is 5.75 Å². The molecule has 47 heavy (non-hydrogen) atoms. The van der Waals surface area contributed by atoms with E-state index >= 15 is 0 Å². The molecule has 6 rings (SSSR count). The molecule has 0 saturated heterocycles. The monoisotopic (exact) mass is 686 g/mol. The molecule has 4 aliphatic rings. The summed E-state index contributed by atoms with van der Waals surface area (Å²) in [6.45, 7) is 2.03. The fourth-order valence-electron chi connectivity index (χ4n) is 7.81. The van der Waals surface area contributed by atoms with Gasteiger partial charge in [-0.2, -0.15) is 8.42 Å². The molecule has 13 heteroatoms. The van der Waals surface area contributed by atoms with Crippen LogP contribution >= 0.6 is 11.6 Å². The molecule has 254 valence electrons. The molecule has 2 bridgehead atoms. The van der Waals surface area contributed by atoms with Gasteiger partial charge in [-0.15, -0.1) is 0 Å². The summed E-state index contributed by atoms with van der Waals surface area (Å²) in [5, 5.41) is 17.8. The van der Waals surface area contributed by atoms with Crippen LogP contribution in [-0.4, -0.2) is 76.7 Å². The number of nitrogens with two attached hydrogens (primary N) is 1. The summed E-state index contributed by atoms with van der Waals surface area (Å²) in [5.41, 5.74) is 0.239. The second-order valence-electron chi connectivity index (χ2n) is 13.5. The number of nitrogens with zero attached hydrogens (tertiary/aromatic N) is 2. The fourth-order valence-corrected chi connectivity index (χ4v) is 8.43. The Kier molecular flexibility index (Phi) is 9.36. The lowest BCUT2D eigenvalue weighted by Gasteiger charge is -2.46. The van der Waals surface area contributed by atoms with Crippen LogP contribution in [0.4, 0.5) is 5.69 Å². The van der Waals surface area contributed by atoms with Crippen LogP contribution in [0.15, 0.2) is 48.6 Å². The molecule has 2 aliphatic heterocycles. The van der Waals surface area contributed by atoms with Crippen molar-refractivity contribution in [2.75, 3.05) is 45.3 Å². The maximum absolute atomic E-state index is 13.5. The third kappa shape index (κ3) is 6.76. The Labute approximate surface area is 281 Å².